The van der Waals surface area contributed by atoms with Gasteiger partial charge in [0.1, 0.15) is 11.5 Å². The largest absolute Gasteiger partial charge is 0.508 e. The third-order valence-corrected chi connectivity index (χ3v) is 4.44. The standard InChI is InChI=1S/C19H21NO3/c1-12(2)17-18(13-4-8-15(21)9-5-13)20(19(17)22)14-6-10-16(23-3)11-7-14/h4-12,17-18,21H,1-3H3/t17-,18-/m1/s1. The van der Waals surface area contributed by atoms with Crippen molar-refractivity contribution in [2.75, 3.05) is 12.0 Å². The van der Waals surface area contributed by atoms with Crippen molar-refractivity contribution in [3.8, 4) is 11.5 Å². The Kier molecular flexibility index (Phi) is 3.99. The van der Waals surface area contributed by atoms with Crippen LogP contribution in [-0.2, 0) is 4.79 Å². The molecule has 1 heterocycles. The number of hydrogen-bond acceptors (Lipinski definition) is 3. The topological polar surface area (TPSA) is 49.8 Å². The van der Waals surface area contributed by atoms with Gasteiger partial charge in [-0.1, -0.05) is 26.0 Å². The van der Waals surface area contributed by atoms with Gasteiger partial charge in [-0.15, -0.1) is 0 Å². The van der Waals surface area contributed by atoms with Crippen LogP contribution in [0.5, 0.6) is 11.5 Å². The molecule has 0 bridgehead atoms. The molecule has 1 fully saturated rings. The van der Waals surface area contributed by atoms with Crippen LogP contribution >= 0.6 is 0 Å². The van der Waals surface area contributed by atoms with Crippen molar-refractivity contribution in [1.29, 1.82) is 0 Å². The first-order chi connectivity index (χ1) is 11.0. The second kappa shape index (κ2) is 5.95. The summed E-state index contributed by atoms with van der Waals surface area (Å²) >= 11 is 0. The molecule has 0 radical (unpaired) electrons. The lowest BCUT2D eigenvalue weighted by atomic mass is 9.75. The van der Waals surface area contributed by atoms with E-state index < -0.39 is 0 Å². The minimum Gasteiger partial charge on any atom is -0.508 e. The number of amides is 1. The average Bonchev–Trinajstić information content (AvgIpc) is 2.54. The molecule has 3 rings (SSSR count). The van der Waals surface area contributed by atoms with Crippen LogP contribution in [0.15, 0.2) is 48.5 Å². The van der Waals surface area contributed by atoms with E-state index in [1.165, 1.54) is 0 Å². The maximum absolute atomic E-state index is 12.7. The predicted octanol–water partition coefficient (Wildman–Crippen LogP) is 3.76. The van der Waals surface area contributed by atoms with E-state index in [1.54, 1.807) is 19.2 Å². The third-order valence-electron chi connectivity index (χ3n) is 4.44. The highest BCUT2D eigenvalue weighted by atomic mass is 16.5. The smallest absolute Gasteiger partial charge is 0.233 e. The van der Waals surface area contributed by atoms with Crippen molar-refractivity contribution in [2.24, 2.45) is 11.8 Å². The summed E-state index contributed by atoms with van der Waals surface area (Å²) in [7, 11) is 1.62. The molecule has 0 unspecified atom stereocenters. The van der Waals surface area contributed by atoms with Gasteiger partial charge in [0.15, 0.2) is 0 Å². The Morgan fingerprint density at radius 1 is 1.04 bits per heavy atom. The number of benzene rings is 2. The summed E-state index contributed by atoms with van der Waals surface area (Å²) in [5.41, 5.74) is 1.91. The zero-order valence-electron chi connectivity index (χ0n) is 13.6. The molecular formula is C19H21NO3. The van der Waals surface area contributed by atoms with Crippen LogP contribution < -0.4 is 9.64 Å². The van der Waals surface area contributed by atoms with E-state index in [1.807, 2.05) is 41.3 Å². The first kappa shape index (κ1) is 15.4. The fraction of sp³-hybridized carbons (Fsp3) is 0.316. The van der Waals surface area contributed by atoms with Gasteiger partial charge in [0.25, 0.3) is 0 Å². The first-order valence-corrected chi connectivity index (χ1v) is 7.79. The van der Waals surface area contributed by atoms with E-state index in [0.29, 0.717) is 0 Å². The zero-order valence-corrected chi connectivity index (χ0v) is 13.6. The molecule has 0 aliphatic carbocycles. The quantitative estimate of drug-likeness (QED) is 0.875. The van der Waals surface area contributed by atoms with E-state index in [9.17, 15) is 9.90 Å². The molecule has 1 amide bonds. The van der Waals surface area contributed by atoms with Crippen molar-refractivity contribution in [2.45, 2.75) is 19.9 Å². The second-order valence-corrected chi connectivity index (χ2v) is 6.21. The molecule has 120 valence electrons. The van der Waals surface area contributed by atoms with Gasteiger partial charge in [-0.3, -0.25) is 4.79 Å². The molecule has 2 aromatic rings. The lowest BCUT2D eigenvalue weighted by Gasteiger charge is -2.49. The lowest BCUT2D eigenvalue weighted by Crippen LogP contribution is -2.57. The number of hydrogen-bond donors (Lipinski definition) is 1. The van der Waals surface area contributed by atoms with Crippen LogP contribution in [0.25, 0.3) is 0 Å². The molecule has 1 aliphatic heterocycles. The van der Waals surface area contributed by atoms with Crippen LogP contribution in [0, 0.1) is 11.8 Å². The van der Waals surface area contributed by atoms with Gasteiger partial charge in [0.05, 0.1) is 19.1 Å². The molecule has 4 heteroatoms. The molecule has 2 atom stereocenters. The summed E-state index contributed by atoms with van der Waals surface area (Å²) in [5, 5.41) is 9.50. The van der Waals surface area contributed by atoms with Gasteiger partial charge in [0, 0.05) is 5.69 Å². The number of aromatic hydroxyl groups is 1. The maximum atomic E-state index is 12.7. The molecule has 1 aliphatic rings. The number of phenolic OH excluding ortho intramolecular Hbond substituents is 1. The summed E-state index contributed by atoms with van der Waals surface area (Å²) < 4.78 is 5.18. The Balaban J connectivity index is 1.96. The molecule has 23 heavy (non-hydrogen) atoms. The van der Waals surface area contributed by atoms with Crippen molar-refractivity contribution < 1.29 is 14.6 Å². The van der Waals surface area contributed by atoms with Crippen molar-refractivity contribution >= 4 is 11.6 Å². The molecular weight excluding hydrogens is 290 g/mol. The molecule has 2 aromatic carbocycles. The fourth-order valence-corrected chi connectivity index (χ4v) is 3.22. The number of carbonyl (C=O) groups excluding carboxylic acids is 1. The monoisotopic (exact) mass is 311 g/mol. The Hall–Kier alpha value is -2.49. The first-order valence-electron chi connectivity index (χ1n) is 7.79. The molecule has 4 nitrogen and oxygen atoms in total. The number of methoxy groups -OCH3 is 1. The number of anilines is 1. The summed E-state index contributed by atoms with van der Waals surface area (Å²) in [6, 6.07) is 14.6. The second-order valence-electron chi connectivity index (χ2n) is 6.21. The number of rotatable bonds is 4. The van der Waals surface area contributed by atoms with Crippen molar-refractivity contribution in [3.63, 3.8) is 0 Å². The maximum Gasteiger partial charge on any atom is 0.233 e. The number of β-lactam (4-membered cyclic amide) rings is 1. The van der Waals surface area contributed by atoms with Gasteiger partial charge < -0.3 is 14.7 Å². The molecule has 1 saturated heterocycles. The van der Waals surface area contributed by atoms with Crippen LogP contribution in [0.2, 0.25) is 0 Å². The van der Waals surface area contributed by atoms with Crippen molar-refractivity contribution in [1.82, 2.24) is 0 Å². The highest BCUT2D eigenvalue weighted by Gasteiger charge is 2.49. The van der Waals surface area contributed by atoms with Crippen LogP contribution in [0.1, 0.15) is 25.5 Å². The minimum atomic E-state index is -0.0401. The predicted molar refractivity (Wildman–Crippen MR) is 89.7 cm³/mol. The zero-order chi connectivity index (χ0) is 16.6. The summed E-state index contributed by atoms with van der Waals surface area (Å²) in [5.74, 6) is 1.36. The summed E-state index contributed by atoms with van der Waals surface area (Å²) in [6.07, 6.45) is 0. The summed E-state index contributed by atoms with van der Waals surface area (Å²) in [4.78, 5) is 14.5. The summed E-state index contributed by atoms with van der Waals surface area (Å²) in [6.45, 7) is 4.14. The SMILES string of the molecule is COc1ccc(N2C(=O)[C@H](C(C)C)[C@H]2c2ccc(O)cc2)cc1. The molecule has 0 saturated carbocycles. The van der Waals surface area contributed by atoms with E-state index in [0.717, 1.165) is 17.0 Å². The Bertz CT molecular complexity index is 692. The lowest BCUT2D eigenvalue weighted by molar-refractivity contribution is -0.132. The average molecular weight is 311 g/mol. The van der Waals surface area contributed by atoms with E-state index in [2.05, 4.69) is 13.8 Å². The fourth-order valence-electron chi connectivity index (χ4n) is 3.22. The van der Waals surface area contributed by atoms with Crippen molar-refractivity contribution in [3.05, 3.63) is 54.1 Å². The van der Waals surface area contributed by atoms with Gasteiger partial charge in [0.2, 0.25) is 5.91 Å². The molecule has 0 spiro atoms. The third kappa shape index (κ3) is 2.65. The minimum absolute atomic E-state index is 0.00325. The number of carbonyl (C=O) groups is 1. The van der Waals surface area contributed by atoms with Crippen LogP contribution in [-0.4, -0.2) is 18.1 Å². The number of nitrogens with zero attached hydrogens (tertiary/aromatic N) is 1. The normalized spacial score (nSPS) is 20.5. The van der Waals surface area contributed by atoms with Gasteiger partial charge in [-0.2, -0.15) is 0 Å². The highest BCUT2D eigenvalue weighted by molar-refractivity contribution is 6.03. The number of ether oxygens (including phenoxy) is 1. The highest BCUT2D eigenvalue weighted by Crippen LogP contribution is 2.47. The number of phenols is 1. The van der Waals surface area contributed by atoms with E-state index in [4.69, 9.17) is 4.74 Å². The van der Waals surface area contributed by atoms with Gasteiger partial charge >= 0.3 is 0 Å². The van der Waals surface area contributed by atoms with Gasteiger partial charge in [-0.25, -0.2) is 0 Å². The van der Waals surface area contributed by atoms with E-state index >= 15 is 0 Å². The van der Waals surface area contributed by atoms with Gasteiger partial charge in [-0.05, 0) is 47.9 Å². The molecule has 0 aromatic heterocycles. The molecule has 1 N–H and O–H groups in total. The van der Waals surface area contributed by atoms with Crippen LogP contribution in [0.4, 0.5) is 5.69 Å². The Morgan fingerprint density at radius 3 is 2.17 bits per heavy atom. The van der Waals surface area contributed by atoms with Crippen LogP contribution in [0.3, 0.4) is 0 Å². The Morgan fingerprint density at radius 2 is 1.65 bits per heavy atom. The van der Waals surface area contributed by atoms with E-state index in [-0.39, 0.29) is 29.5 Å². The Labute approximate surface area is 136 Å².